The van der Waals surface area contributed by atoms with E-state index in [0.29, 0.717) is 11.2 Å². The fourth-order valence-corrected chi connectivity index (χ4v) is 2.34. The van der Waals surface area contributed by atoms with E-state index in [9.17, 15) is 4.79 Å². The van der Waals surface area contributed by atoms with E-state index in [4.69, 9.17) is 12.2 Å². The van der Waals surface area contributed by atoms with Crippen molar-refractivity contribution in [2.45, 2.75) is 33.1 Å². The maximum absolute atomic E-state index is 12.1. The Morgan fingerprint density at radius 1 is 1.16 bits per heavy atom. The van der Waals surface area contributed by atoms with Gasteiger partial charge in [-0.25, -0.2) is 0 Å². The van der Waals surface area contributed by atoms with E-state index in [0.717, 1.165) is 29.7 Å². The molecule has 1 heterocycles. The third kappa shape index (κ3) is 3.41. The van der Waals surface area contributed by atoms with Crippen LogP contribution >= 0.6 is 12.2 Å². The maximum atomic E-state index is 12.1. The summed E-state index contributed by atoms with van der Waals surface area (Å²) in [5.41, 5.74) is 4.03. The Kier molecular flexibility index (Phi) is 4.32. The minimum Gasteiger partial charge on any atom is -0.336 e. The highest BCUT2D eigenvalue weighted by Crippen LogP contribution is 2.11. The lowest BCUT2D eigenvalue weighted by atomic mass is 10.0. The van der Waals surface area contributed by atoms with Crippen LogP contribution in [0.1, 0.15) is 35.7 Å². The van der Waals surface area contributed by atoms with Crippen molar-refractivity contribution in [1.82, 2.24) is 9.97 Å². The van der Waals surface area contributed by atoms with Gasteiger partial charge in [-0.05, 0) is 31.1 Å². The smallest absolute Gasteiger partial charge is 0.255 e. The molecule has 1 aromatic heterocycles. The summed E-state index contributed by atoms with van der Waals surface area (Å²) >= 11 is 5.03. The van der Waals surface area contributed by atoms with Gasteiger partial charge in [-0.15, -0.1) is 0 Å². The normalized spacial score (nSPS) is 10.6. The van der Waals surface area contributed by atoms with Crippen LogP contribution in [0.15, 0.2) is 29.1 Å². The van der Waals surface area contributed by atoms with E-state index in [1.165, 1.54) is 5.56 Å². The number of aromatic amines is 2. The van der Waals surface area contributed by atoms with Gasteiger partial charge in [0.2, 0.25) is 0 Å². The number of benzene rings is 1. The molecule has 2 aromatic rings. The molecule has 0 saturated heterocycles. The molecule has 2 rings (SSSR count). The van der Waals surface area contributed by atoms with Gasteiger partial charge in [0.05, 0.1) is 0 Å². The van der Waals surface area contributed by atoms with Crippen LogP contribution in [-0.2, 0) is 12.8 Å². The zero-order valence-electron chi connectivity index (χ0n) is 11.2. The highest BCUT2D eigenvalue weighted by atomic mass is 32.1. The molecule has 0 amide bonds. The molecule has 2 N–H and O–H groups in total. The van der Waals surface area contributed by atoms with Crippen molar-refractivity contribution in [2.75, 3.05) is 0 Å². The number of nitrogens with one attached hydrogen (secondary N) is 2. The summed E-state index contributed by atoms with van der Waals surface area (Å²) in [6.45, 7) is 4.15. The average molecular weight is 274 g/mol. The van der Waals surface area contributed by atoms with E-state index >= 15 is 0 Å². The molecule has 4 heteroatoms. The van der Waals surface area contributed by atoms with Crippen LogP contribution in [0.4, 0.5) is 0 Å². The summed E-state index contributed by atoms with van der Waals surface area (Å²) in [6.07, 6.45) is 2.46. The van der Waals surface area contributed by atoms with Crippen molar-refractivity contribution in [1.29, 1.82) is 0 Å². The van der Waals surface area contributed by atoms with Crippen LogP contribution in [0.3, 0.4) is 0 Å². The van der Waals surface area contributed by atoms with Gasteiger partial charge in [-0.2, -0.15) is 0 Å². The highest BCUT2D eigenvalue weighted by Gasteiger charge is 2.08. The van der Waals surface area contributed by atoms with Gasteiger partial charge in [0.1, 0.15) is 0 Å². The van der Waals surface area contributed by atoms with Gasteiger partial charge in [0.15, 0.2) is 4.77 Å². The standard InChI is InChI=1S/C15H18N2OS/c1-3-4-13-12(14(18)17-15(19)16-13)9-11-7-5-10(2)6-8-11/h5-8H,3-4,9H2,1-2H3,(H2,16,17,18,19). The molecule has 0 fully saturated rings. The first kappa shape index (κ1) is 13.7. The molecular formula is C15H18N2OS. The first-order valence-corrected chi connectivity index (χ1v) is 6.91. The van der Waals surface area contributed by atoms with E-state index in [1.54, 1.807) is 0 Å². The van der Waals surface area contributed by atoms with Gasteiger partial charge >= 0.3 is 0 Å². The van der Waals surface area contributed by atoms with Gasteiger partial charge < -0.3 is 4.98 Å². The third-order valence-corrected chi connectivity index (χ3v) is 3.34. The Labute approximate surface area is 117 Å². The van der Waals surface area contributed by atoms with Gasteiger partial charge in [-0.3, -0.25) is 9.78 Å². The molecule has 0 atom stereocenters. The van der Waals surface area contributed by atoms with Crippen molar-refractivity contribution in [3.63, 3.8) is 0 Å². The Balaban J connectivity index is 2.41. The number of aromatic nitrogens is 2. The topological polar surface area (TPSA) is 48.6 Å². The summed E-state index contributed by atoms with van der Waals surface area (Å²) in [4.78, 5) is 17.8. The van der Waals surface area contributed by atoms with Crippen LogP contribution in [0.2, 0.25) is 0 Å². The zero-order chi connectivity index (χ0) is 13.8. The lowest BCUT2D eigenvalue weighted by Gasteiger charge is -2.08. The van der Waals surface area contributed by atoms with Crippen LogP contribution in [0.25, 0.3) is 0 Å². The van der Waals surface area contributed by atoms with Gasteiger partial charge in [0.25, 0.3) is 5.56 Å². The first-order chi connectivity index (χ1) is 9.10. The molecule has 0 bridgehead atoms. The molecule has 1 aromatic carbocycles. The molecule has 19 heavy (non-hydrogen) atoms. The summed E-state index contributed by atoms with van der Waals surface area (Å²) in [6, 6.07) is 8.25. The Bertz CT molecular complexity index is 668. The predicted octanol–water partition coefficient (Wildman–Crippen LogP) is 3.28. The van der Waals surface area contributed by atoms with Crippen molar-refractivity contribution >= 4 is 12.2 Å². The quantitative estimate of drug-likeness (QED) is 0.841. The SMILES string of the molecule is CCCc1[nH]c(=S)[nH]c(=O)c1Cc1ccc(C)cc1. The summed E-state index contributed by atoms with van der Waals surface area (Å²) in [5.74, 6) is 0. The molecule has 0 saturated carbocycles. The molecular weight excluding hydrogens is 256 g/mol. The number of hydrogen-bond donors (Lipinski definition) is 2. The van der Waals surface area contributed by atoms with E-state index in [2.05, 4.69) is 48.1 Å². The van der Waals surface area contributed by atoms with Crippen molar-refractivity contribution in [3.8, 4) is 0 Å². The largest absolute Gasteiger partial charge is 0.336 e. The maximum Gasteiger partial charge on any atom is 0.255 e. The average Bonchev–Trinajstić information content (AvgIpc) is 2.36. The molecule has 0 aliphatic carbocycles. The van der Waals surface area contributed by atoms with Crippen molar-refractivity contribution in [3.05, 3.63) is 61.8 Å². The molecule has 0 spiro atoms. The van der Waals surface area contributed by atoms with Crippen molar-refractivity contribution in [2.24, 2.45) is 0 Å². The fourth-order valence-electron chi connectivity index (χ4n) is 2.12. The third-order valence-electron chi connectivity index (χ3n) is 3.13. The number of rotatable bonds is 4. The molecule has 0 aliphatic rings. The van der Waals surface area contributed by atoms with Gasteiger partial charge in [0, 0.05) is 17.7 Å². The minimum atomic E-state index is -0.0761. The summed E-state index contributed by atoms with van der Waals surface area (Å²) in [5, 5.41) is 0. The highest BCUT2D eigenvalue weighted by molar-refractivity contribution is 7.71. The fraction of sp³-hybridized carbons (Fsp3) is 0.333. The van der Waals surface area contributed by atoms with Crippen molar-refractivity contribution < 1.29 is 0 Å². The predicted molar refractivity (Wildman–Crippen MR) is 80.2 cm³/mol. The minimum absolute atomic E-state index is 0.0761. The molecule has 100 valence electrons. The number of hydrogen-bond acceptors (Lipinski definition) is 2. The van der Waals surface area contributed by atoms with E-state index in [-0.39, 0.29) is 5.56 Å². The Hall–Kier alpha value is -1.68. The Morgan fingerprint density at radius 3 is 2.47 bits per heavy atom. The van der Waals surface area contributed by atoms with Crippen LogP contribution in [0, 0.1) is 11.7 Å². The molecule has 0 radical (unpaired) electrons. The van der Waals surface area contributed by atoms with Gasteiger partial charge in [-0.1, -0.05) is 43.2 Å². The number of H-pyrrole nitrogens is 2. The van der Waals surface area contributed by atoms with Crippen LogP contribution < -0.4 is 5.56 Å². The second-order valence-electron chi connectivity index (χ2n) is 4.78. The lowest BCUT2D eigenvalue weighted by molar-refractivity contribution is 0.832. The summed E-state index contributed by atoms with van der Waals surface area (Å²) < 4.78 is 0.404. The number of aryl methyl sites for hydroxylation is 2. The Morgan fingerprint density at radius 2 is 1.84 bits per heavy atom. The lowest BCUT2D eigenvalue weighted by Crippen LogP contribution is -2.18. The second kappa shape index (κ2) is 5.97. The first-order valence-electron chi connectivity index (χ1n) is 6.50. The van der Waals surface area contributed by atoms with E-state index < -0.39 is 0 Å². The molecule has 0 aliphatic heterocycles. The monoisotopic (exact) mass is 274 g/mol. The second-order valence-corrected chi connectivity index (χ2v) is 5.19. The summed E-state index contributed by atoms with van der Waals surface area (Å²) in [7, 11) is 0. The van der Waals surface area contributed by atoms with Crippen LogP contribution in [-0.4, -0.2) is 9.97 Å². The van der Waals surface area contributed by atoms with Crippen LogP contribution in [0.5, 0.6) is 0 Å². The molecule has 0 unspecified atom stereocenters. The zero-order valence-corrected chi connectivity index (χ0v) is 12.1. The molecule has 3 nitrogen and oxygen atoms in total. The van der Waals surface area contributed by atoms with E-state index in [1.807, 2.05) is 0 Å².